The minimum atomic E-state index is -0.901. The third kappa shape index (κ3) is 6.09. The van der Waals surface area contributed by atoms with E-state index in [-0.39, 0.29) is 0 Å². The summed E-state index contributed by atoms with van der Waals surface area (Å²) in [5.41, 5.74) is 1.92. The van der Waals surface area contributed by atoms with Crippen molar-refractivity contribution in [3.05, 3.63) is 58.6 Å². The molecule has 0 spiro atoms. The lowest BCUT2D eigenvalue weighted by Crippen LogP contribution is -1.97. The van der Waals surface area contributed by atoms with Gasteiger partial charge in [0.05, 0.1) is 5.56 Å². The maximum absolute atomic E-state index is 10.4. The number of carboxylic acid groups (broad SMARTS) is 1. The van der Waals surface area contributed by atoms with Gasteiger partial charge in [0.2, 0.25) is 6.41 Å². The molecule has 2 rings (SSSR count). The fourth-order valence-electron chi connectivity index (χ4n) is 1.42. The Morgan fingerprint density at radius 3 is 2.33 bits per heavy atom. The number of carbonyl (C=O) groups excluding carboxylic acids is 1. The van der Waals surface area contributed by atoms with Crippen molar-refractivity contribution in [2.75, 3.05) is 17.7 Å². The number of amides is 1. The zero-order valence-corrected chi connectivity index (χ0v) is 12.9. The number of hydrogen-bond acceptors (Lipinski definition) is 3. The van der Waals surface area contributed by atoms with Gasteiger partial charge in [0, 0.05) is 22.9 Å². The predicted octanol–water partition coefficient (Wildman–Crippen LogP) is 3.44. The molecule has 0 unspecified atom stereocenters. The van der Waals surface area contributed by atoms with Gasteiger partial charge in [-0.2, -0.15) is 0 Å². The van der Waals surface area contributed by atoms with Gasteiger partial charge < -0.3 is 15.7 Å². The van der Waals surface area contributed by atoms with Gasteiger partial charge in [-0.3, -0.25) is 4.79 Å². The van der Waals surface area contributed by atoms with Crippen LogP contribution in [0.5, 0.6) is 0 Å². The number of carbonyl (C=O) groups is 2. The number of anilines is 2. The molecule has 0 fully saturated rings. The van der Waals surface area contributed by atoms with E-state index in [4.69, 9.17) is 5.11 Å². The van der Waals surface area contributed by atoms with Crippen LogP contribution in [0.1, 0.15) is 10.4 Å². The molecule has 1 amide bonds. The van der Waals surface area contributed by atoms with Crippen LogP contribution in [-0.4, -0.2) is 24.5 Å². The van der Waals surface area contributed by atoms with E-state index in [0.29, 0.717) is 12.0 Å². The fourth-order valence-corrected chi connectivity index (χ4v) is 1.69. The Hall–Kier alpha value is -2.34. The van der Waals surface area contributed by atoms with Gasteiger partial charge in [0.1, 0.15) is 0 Å². The van der Waals surface area contributed by atoms with Gasteiger partial charge in [-0.25, -0.2) is 4.79 Å². The van der Waals surface area contributed by atoms with Crippen LogP contribution in [-0.2, 0) is 4.79 Å². The van der Waals surface area contributed by atoms with Crippen LogP contribution in [0.4, 0.5) is 11.4 Å². The van der Waals surface area contributed by atoms with E-state index in [0.717, 1.165) is 15.8 Å². The fraction of sp³-hybridized carbons (Fsp3) is 0.0667. The molecule has 6 heteroatoms. The van der Waals surface area contributed by atoms with E-state index in [1.54, 1.807) is 25.2 Å². The molecule has 0 aliphatic rings. The third-order valence-corrected chi connectivity index (χ3v) is 3.00. The zero-order chi connectivity index (χ0) is 15.7. The zero-order valence-electron chi connectivity index (χ0n) is 11.3. The average Bonchev–Trinajstić information content (AvgIpc) is 2.50. The predicted molar refractivity (Wildman–Crippen MR) is 86.8 cm³/mol. The van der Waals surface area contributed by atoms with Crippen molar-refractivity contribution in [1.82, 2.24) is 0 Å². The molecule has 5 nitrogen and oxygen atoms in total. The molecule has 0 saturated heterocycles. The molecule has 0 heterocycles. The molecule has 0 saturated carbocycles. The van der Waals surface area contributed by atoms with E-state index in [2.05, 4.69) is 26.6 Å². The second kappa shape index (κ2) is 8.76. The number of carboxylic acids is 1. The Balaban J connectivity index is 0.000000211. The first-order valence-corrected chi connectivity index (χ1v) is 6.83. The molecule has 2 aromatic carbocycles. The molecule has 0 bridgehead atoms. The minimum Gasteiger partial charge on any atom is -0.478 e. The van der Waals surface area contributed by atoms with Crippen molar-refractivity contribution in [3.63, 3.8) is 0 Å². The highest BCUT2D eigenvalue weighted by Gasteiger charge is 2.00. The molecule has 0 aromatic heterocycles. The van der Waals surface area contributed by atoms with Crippen molar-refractivity contribution in [3.8, 4) is 0 Å². The van der Waals surface area contributed by atoms with Crippen molar-refractivity contribution in [2.45, 2.75) is 0 Å². The van der Waals surface area contributed by atoms with Crippen LogP contribution in [0.15, 0.2) is 53.0 Å². The van der Waals surface area contributed by atoms with Crippen molar-refractivity contribution in [1.29, 1.82) is 0 Å². The number of hydrogen-bond donors (Lipinski definition) is 3. The summed E-state index contributed by atoms with van der Waals surface area (Å²) in [6.45, 7) is 0. The number of halogens is 1. The first-order chi connectivity index (χ1) is 10.1. The summed E-state index contributed by atoms with van der Waals surface area (Å²) >= 11 is 3.28. The molecule has 0 atom stereocenters. The number of benzene rings is 2. The summed E-state index contributed by atoms with van der Waals surface area (Å²) in [6.07, 6.45) is 0.656. The maximum atomic E-state index is 10.4. The molecule has 0 radical (unpaired) electrons. The lowest BCUT2D eigenvalue weighted by Gasteiger charge is -1.99. The van der Waals surface area contributed by atoms with E-state index in [1.165, 1.54) is 0 Å². The Bertz CT molecular complexity index is 600. The quantitative estimate of drug-likeness (QED) is 0.738. The van der Waals surface area contributed by atoms with Crippen molar-refractivity contribution in [2.24, 2.45) is 0 Å². The van der Waals surface area contributed by atoms with Crippen LogP contribution in [0.3, 0.4) is 0 Å². The first kappa shape index (κ1) is 16.7. The van der Waals surface area contributed by atoms with Gasteiger partial charge in [-0.1, -0.05) is 22.0 Å². The molecular weight excluding hydrogens is 336 g/mol. The normalized spacial score (nSPS) is 9.05. The van der Waals surface area contributed by atoms with Gasteiger partial charge in [0.25, 0.3) is 0 Å². The highest BCUT2D eigenvalue weighted by Crippen LogP contribution is 2.13. The van der Waals surface area contributed by atoms with Gasteiger partial charge in [-0.05, 0) is 42.5 Å². The van der Waals surface area contributed by atoms with Crippen LogP contribution in [0.25, 0.3) is 0 Å². The van der Waals surface area contributed by atoms with E-state index < -0.39 is 5.97 Å². The molecule has 2 aromatic rings. The van der Waals surface area contributed by atoms with Gasteiger partial charge in [-0.15, -0.1) is 0 Å². The van der Waals surface area contributed by atoms with Crippen molar-refractivity contribution < 1.29 is 14.7 Å². The standard InChI is InChI=1S/C8H9NO2.C7H6BrNO/c1-9-7-4-2-3-6(5-7)8(10)11;8-6-1-3-7(4-2-6)9-5-10/h2-5,9H,1H3,(H,10,11);1-5H,(H,9,10). The van der Waals surface area contributed by atoms with E-state index >= 15 is 0 Å². The summed E-state index contributed by atoms with van der Waals surface area (Å²) in [6, 6.07) is 14.0. The molecule has 3 N–H and O–H groups in total. The Labute approximate surface area is 131 Å². The Kier molecular flexibility index (Phi) is 6.97. The lowest BCUT2D eigenvalue weighted by molar-refractivity contribution is -0.105. The average molecular weight is 351 g/mol. The summed E-state index contributed by atoms with van der Waals surface area (Å²) in [5.74, 6) is -0.901. The second-order valence-corrected chi connectivity index (χ2v) is 4.82. The molecular formula is C15H15BrN2O3. The van der Waals surface area contributed by atoms with Crippen molar-refractivity contribution >= 4 is 39.7 Å². The highest BCUT2D eigenvalue weighted by atomic mass is 79.9. The minimum absolute atomic E-state index is 0.303. The summed E-state index contributed by atoms with van der Waals surface area (Å²) in [4.78, 5) is 20.4. The maximum Gasteiger partial charge on any atom is 0.335 e. The largest absolute Gasteiger partial charge is 0.478 e. The van der Waals surface area contributed by atoms with E-state index in [9.17, 15) is 9.59 Å². The van der Waals surface area contributed by atoms with Crippen LogP contribution in [0, 0.1) is 0 Å². The Morgan fingerprint density at radius 2 is 1.81 bits per heavy atom. The second-order valence-electron chi connectivity index (χ2n) is 3.91. The van der Waals surface area contributed by atoms with Crippen LogP contribution in [0.2, 0.25) is 0 Å². The van der Waals surface area contributed by atoms with Gasteiger partial charge >= 0.3 is 5.97 Å². The summed E-state index contributed by atoms with van der Waals surface area (Å²) in [7, 11) is 1.75. The molecule has 0 aliphatic carbocycles. The van der Waals surface area contributed by atoms with Crippen LogP contribution < -0.4 is 10.6 Å². The SMILES string of the molecule is CNc1cccc(C(=O)O)c1.O=CNc1ccc(Br)cc1. The molecule has 0 aliphatic heterocycles. The van der Waals surface area contributed by atoms with Gasteiger partial charge in [0.15, 0.2) is 0 Å². The van der Waals surface area contributed by atoms with Crippen LogP contribution >= 0.6 is 15.9 Å². The number of nitrogens with one attached hydrogen (secondary N) is 2. The highest BCUT2D eigenvalue weighted by molar-refractivity contribution is 9.10. The summed E-state index contributed by atoms with van der Waals surface area (Å²) < 4.78 is 1.00. The first-order valence-electron chi connectivity index (χ1n) is 6.03. The molecule has 21 heavy (non-hydrogen) atoms. The number of aromatic carboxylic acids is 1. The van der Waals surface area contributed by atoms with E-state index in [1.807, 2.05) is 30.3 Å². The summed E-state index contributed by atoms with van der Waals surface area (Å²) in [5, 5.41) is 14.0. The molecule has 110 valence electrons. The Morgan fingerprint density at radius 1 is 1.14 bits per heavy atom. The topological polar surface area (TPSA) is 78.4 Å². The third-order valence-electron chi connectivity index (χ3n) is 2.47. The number of rotatable bonds is 4. The smallest absolute Gasteiger partial charge is 0.335 e. The monoisotopic (exact) mass is 350 g/mol. The lowest BCUT2D eigenvalue weighted by atomic mass is 10.2.